The summed E-state index contributed by atoms with van der Waals surface area (Å²) in [4.78, 5) is 4.28. The van der Waals surface area contributed by atoms with E-state index in [1.54, 1.807) is 7.05 Å². The van der Waals surface area contributed by atoms with Gasteiger partial charge in [-0.1, -0.05) is 25.1 Å². The van der Waals surface area contributed by atoms with Crippen LogP contribution in [0.3, 0.4) is 0 Å². The first-order valence-corrected chi connectivity index (χ1v) is 8.45. The lowest BCUT2D eigenvalue weighted by Crippen LogP contribution is -2.47. The van der Waals surface area contributed by atoms with E-state index in [-0.39, 0.29) is 11.7 Å². The van der Waals surface area contributed by atoms with Gasteiger partial charge < -0.3 is 20.1 Å². The van der Waals surface area contributed by atoms with Crippen molar-refractivity contribution in [3.05, 3.63) is 30.3 Å². The lowest BCUT2D eigenvalue weighted by molar-refractivity contribution is 0.0242. The molecule has 1 aromatic rings. The minimum absolute atomic E-state index is 0.0810. The predicted octanol–water partition coefficient (Wildman–Crippen LogP) is 2.58. The van der Waals surface area contributed by atoms with E-state index in [4.69, 9.17) is 9.47 Å². The van der Waals surface area contributed by atoms with Gasteiger partial charge in [0.15, 0.2) is 5.96 Å². The number of rotatable bonds is 7. The zero-order chi connectivity index (χ0) is 16.5. The Morgan fingerprint density at radius 1 is 1.35 bits per heavy atom. The van der Waals surface area contributed by atoms with Crippen LogP contribution in [-0.2, 0) is 4.74 Å². The van der Waals surface area contributed by atoms with Crippen molar-refractivity contribution < 1.29 is 9.47 Å². The van der Waals surface area contributed by atoms with Crippen LogP contribution in [0.2, 0.25) is 0 Å². The summed E-state index contributed by atoms with van der Waals surface area (Å²) in [7, 11) is 1.78. The highest BCUT2D eigenvalue weighted by Crippen LogP contribution is 2.23. The van der Waals surface area contributed by atoms with Crippen LogP contribution in [0.15, 0.2) is 35.3 Å². The molecule has 1 heterocycles. The van der Waals surface area contributed by atoms with Gasteiger partial charge in [-0.2, -0.15) is 0 Å². The molecule has 0 spiro atoms. The summed E-state index contributed by atoms with van der Waals surface area (Å²) in [5.74, 6) is 1.69. The zero-order valence-corrected chi connectivity index (χ0v) is 14.5. The molecule has 23 heavy (non-hydrogen) atoms. The maximum atomic E-state index is 5.99. The van der Waals surface area contributed by atoms with Gasteiger partial charge in [-0.05, 0) is 38.3 Å². The van der Waals surface area contributed by atoms with E-state index in [9.17, 15) is 0 Å². The Balaban J connectivity index is 1.77. The molecule has 2 unspecified atom stereocenters. The summed E-state index contributed by atoms with van der Waals surface area (Å²) in [5, 5.41) is 6.69. The smallest absolute Gasteiger partial charge is 0.191 e. The standard InChI is InChI=1S/C18H29N3O2/c1-4-15(23-16-9-6-5-7-10-16)13-20-17(19-3)21-14-18(2)11-8-12-22-18/h5-7,9-10,15H,4,8,11-14H2,1-3H3,(H2,19,20,21). The van der Waals surface area contributed by atoms with Crippen molar-refractivity contribution in [1.29, 1.82) is 0 Å². The third kappa shape index (κ3) is 5.75. The van der Waals surface area contributed by atoms with Crippen LogP contribution in [-0.4, -0.2) is 44.4 Å². The summed E-state index contributed by atoms with van der Waals surface area (Å²) in [5.41, 5.74) is -0.0810. The van der Waals surface area contributed by atoms with Crippen LogP contribution in [0.1, 0.15) is 33.1 Å². The molecule has 1 saturated heterocycles. The SMILES string of the molecule is CCC(CNC(=NC)NCC1(C)CCCO1)Oc1ccccc1. The van der Waals surface area contributed by atoms with Crippen molar-refractivity contribution in [3.63, 3.8) is 0 Å². The van der Waals surface area contributed by atoms with Crippen LogP contribution >= 0.6 is 0 Å². The number of ether oxygens (including phenoxy) is 2. The second-order valence-corrected chi connectivity index (χ2v) is 6.17. The number of guanidine groups is 1. The summed E-state index contributed by atoms with van der Waals surface area (Å²) in [6.07, 6.45) is 3.26. The Morgan fingerprint density at radius 3 is 2.74 bits per heavy atom. The Kier molecular flexibility index (Phi) is 6.71. The predicted molar refractivity (Wildman–Crippen MR) is 94.1 cm³/mol. The normalized spacial score (nSPS) is 22.7. The molecule has 0 radical (unpaired) electrons. The fourth-order valence-electron chi connectivity index (χ4n) is 2.64. The number of aliphatic imine (C=N–C) groups is 1. The fourth-order valence-corrected chi connectivity index (χ4v) is 2.64. The highest BCUT2D eigenvalue weighted by Gasteiger charge is 2.29. The van der Waals surface area contributed by atoms with Crippen LogP contribution in [0.25, 0.3) is 0 Å². The highest BCUT2D eigenvalue weighted by molar-refractivity contribution is 5.79. The van der Waals surface area contributed by atoms with Gasteiger partial charge in [-0.3, -0.25) is 4.99 Å². The first-order valence-electron chi connectivity index (χ1n) is 8.45. The first-order chi connectivity index (χ1) is 11.1. The van der Waals surface area contributed by atoms with Gasteiger partial charge in [0.25, 0.3) is 0 Å². The van der Waals surface area contributed by atoms with Crippen molar-refractivity contribution in [3.8, 4) is 5.75 Å². The monoisotopic (exact) mass is 319 g/mol. The largest absolute Gasteiger partial charge is 0.489 e. The summed E-state index contributed by atoms with van der Waals surface area (Å²) < 4.78 is 11.8. The molecule has 1 aliphatic rings. The van der Waals surface area contributed by atoms with Crippen molar-refractivity contribution in [1.82, 2.24) is 10.6 Å². The Bertz CT molecular complexity index is 484. The first kappa shape index (κ1) is 17.6. The van der Waals surface area contributed by atoms with Gasteiger partial charge in [0.1, 0.15) is 11.9 Å². The number of hydrogen-bond acceptors (Lipinski definition) is 3. The molecule has 0 amide bonds. The lowest BCUT2D eigenvalue weighted by Gasteiger charge is -2.25. The summed E-state index contributed by atoms with van der Waals surface area (Å²) in [6.45, 7) is 6.60. The molecule has 0 aliphatic carbocycles. The van der Waals surface area contributed by atoms with E-state index >= 15 is 0 Å². The zero-order valence-electron chi connectivity index (χ0n) is 14.5. The summed E-state index contributed by atoms with van der Waals surface area (Å²) in [6, 6.07) is 9.92. The van der Waals surface area contributed by atoms with E-state index in [2.05, 4.69) is 29.5 Å². The van der Waals surface area contributed by atoms with Gasteiger partial charge in [-0.15, -0.1) is 0 Å². The quantitative estimate of drug-likeness (QED) is 0.599. The number of hydrogen-bond donors (Lipinski definition) is 2. The molecule has 1 aromatic carbocycles. The van der Waals surface area contributed by atoms with E-state index in [0.29, 0.717) is 6.54 Å². The van der Waals surface area contributed by atoms with Crippen molar-refractivity contribution in [2.75, 3.05) is 26.7 Å². The Morgan fingerprint density at radius 2 is 2.13 bits per heavy atom. The molecule has 0 bridgehead atoms. The Hall–Kier alpha value is -1.75. The maximum absolute atomic E-state index is 5.99. The van der Waals surface area contributed by atoms with Crippen molar-refractivity contribution >= 4 is 5.96 Å². The van der Waals surface area contributed by atoms with E-state index in [1.807, 2.05) is 30.3 Å². The lowest BCUT2D eigenvalue weighted by atomic mass is 10.0. The molecule has 1 fully saturated rings. The molecule has 2 rings (SSSR count). The summed E-state index contributed by atoms with van der Waals surface area (Å²) >= 11 is 0. The van der Waals surface area contributed by atoms with Crippen molar-refractivity contribution in [2.24, 2.45) is 4.99 Å². The number of benzene rings is 1. The van der Waals surface area contributed by atoms with Gasteiger partial charge >= 0.3 is 0 Å². The van der Waals surface area contributed by atoms with Crippen LogP contribution in [0.5, 0.6) is 5.75 Å². The Labute approximate surface area is 139 Å². The van der Waals surface area contributed by atoms with E-state index in [1.165, 1.54) is 0 Å². The molecule has 128 valence electrons. The molecule has 1 aliphatic heterocycles. The second kappa shape index (κ2) is 8.77. The molecule has 5 heteroatoms. The number of nitrogens with zero attached hydrogens (tertiary/aromatic N) is 1. The van der Waals surface area contributed by atoms with Gasteiger partial charge in [0, 0.05) is 20.2 Å². The minimum atomic E-state index is -0.0810. The average molecular weight is 319 g/mol. The fraction of sp³-hybridized carbons (Fsp3) is 0.611. The van der Waals surface area contributed by atoms with Crippen molar-refractivity contribution in [2.45, 2.75) is 44.8 Å². The van der Waals surface area contributed by atoms with Crippen LogP contribution in [0.4, 0.5) is 0 Å². The molecule has 5 nitrogen and oxygen atoms in total. The molecule has 0 saturated carbocycles. The average Bonchev–Trinajstić information content (AvgIpc) is 3.01. The third-order valence-electron chi connectivity index (χ3n) is 4.15. The minimum Gasteiger partial charge on any atom is -0.489 e. The molecule has 2 atom stereocenters. The molecule has 2 N–H and O–H groups in total. The van der Waals surface area contributed by atoms with Gasteiger partial charge in [0.05, 0.1) is 12.1 Å². The second-order valence-electron chi connectivity index (χ2n) is 6.17. The molecule has 0 aromatic heterocycles. The van der Waals surface area contributed by atoms with Crippen LogP contribution in [0, 0.1) is 0 Å². The highest BCUT2D eigenvalue weighted by atomic mass is 16.5. The molecular weight excluding hydrogens is 290 g/mol. The third-order valence-corrected chi connectivity index (χ3v) is 4.15. The van der Waals surface area contributed by atoms with Gasteiger partial charge in [-0.25, -0.2) is 0 Å². The van der Waals surface area contributed by atoms with E-state index < -0.39 is 0 Å². The van der Waals surface area contributed by atoms with Gasteiger partial charge in [0.2, 0.25) is 0 Å². The number of para-hydroxylation sites is 1. The number of nitrogens with one attached hydrogen (secondary N) is 2. The van der Waals surface area contributed by atoms with E-state index in [0.717, 1.165) is 44.1 Å². The van der Waals surface area contributed by atoms with Crippen LogP contribution < -0.4 is 15.4 Å². The topological polar surface area (TPSA) is 54.9 Å². The maximum Gasteiger partial charge on any atom is 0.191 e. The molecular formula is C18H29N3O2.